The number of esters is 2. The number of allylic oxidation sites excluding steroid dienone is 1. The van der Waals surface area contributed by atoms with Crippen LogP contribution in [0.1, 0.15) is 47.0 Å². The SMILES string of the molecule is C=C1[C@@H](OC(=O)C(C)CC)C=C[C@]2(C)CC[C@@H]3[C@H](OC(=O)[C@H]3C)[C@@H]12. The zero-order chi connectivity index (χ0) is 17.6. The molecular weight excluding hydrogens is 304 g/mol. The maximum Gasteiger partial charge on any atom is 0.309 e. The first-order valence-corrected chi connectivity index (χ1v) is 9.07. The summed E-state index contributed by atoms with van der Waals surface area (Å²) in [5.74, 6) is -0.220. The van der Waals surface area contributed by atoms with Crippen LogP contribution in [0, 0.1) is 29.1 Å². The molecule has 1 aliphatic heterocycles. The number of carbonyl (C=O) groups is 2. The van der Waals surface area contributed by atoms with E-state index in [0.717, 1.165) is 24.8 Å². The monoisotopic (exact) mass is 332 g/mol. The van der Waals surface area contributed by atoms with Crippen molar-refractivity contribution in [3.63, 3.8) is 0 Å². The summed E-state index contributed by atoms with van der Waals surface area (Å²) in [6, 6.07) is 0. The zero-order valence-corrected chi connectivity index (χ0v) is 15.1. The van der Waals surface area contributed by atoms with Crippen LogP contribution in [0.2, 0.25) is 0 Å². The maximum atomic E-state index is 12.2. The van der Waals surface area contributed by atoms with Crippen molar-refractivity contribution >= 4 is 11.9 Å². The quantitative estimate of drug-likeness (QED) is 0.584. The molecule has 0 aromatic carbocycles. The Morgan fingerprint density at radius 3 is 2.92 bits per heavy atom. The highest BCUT2D eigenvalue weighted by Gasteiger charge is 2.56. The lowest BCUT2D eigenvalue weighted by Crippen LogP contribution is -2.48. The van der Waals surface area contributed by atoms with E-state index in [1.54, 1.807) is 0 Å². The van der Waals surface area contributed by atoms with Crippen LogP contribution in [0.3, 0.4) is 0 Å². The van der Waals surface area contributed by atoms with Crippen LogP contribution in [0.15, 0.2) is 24.3 Å². The summed E-state index contributed by atoms with van der Waals surface area (Å²) in [6.45, 7) is 12.2. The highest BCUT2D eigenvalue weighted by Crippen LogP contribution is 2.55. The summed E-state index contributed by atoms with van der Waals surface area (Å²) in [4.78, 5) is 24.2. The molecule has 1 saturated carbocycles. The molecule has 1 unspecified atom stereocenters. The molecule has 0 aromatic heterocycles. The van der Waals surface area contributed by atoms with Crippen LogP contribution in [-0.4, -0.2) is 24.1 Å². The Hall–Kier alpha value is -1.58. The number of fused-ring (bicyclic) bond motifs is 3. The lowest BCUT2D eigenvalue weighted by atomic mass is 9.57. The van der Waals surface area contributed by atoms with Crippen LogP contribution in [0.5, 0.6) is 0 Å². The van der Waals surface area contributed by atoms with Gasteiger partial charge in [0.1, 0.15) is 12.2 Å². The van der Waals surface area contributed by atoms with Gasteiger partial charge in [-0.2, -0.15) is 0 Å². The van der Waals surface area contributed by atoms with E-state index in [-0.39, 0.29) is 47.1 Å². The molecule has 24 heavy (non-hydrogen) atoms. The van der Waals surface area contributed by atoms with E-state index in [2.05, 4.69) is 19.6 Å². The summed E-state index contributed by atoms with van der Waals surface area (Å²) in [6.07, 6.45) is 6.28. The molecule has 4 heteroatoms. The Balaban J connectivity index is 1.85. The summed E-state index contributed by atoms with van der Waals surface area (Å²) >= 11 is 0. The lowest BCUT2D eigenvalue weighted by Gasteiger charge is -2.49. The van der Waals surface area contributed by atoms with Gasteiger partial charge < -0.3 is 9.47 Å². The minimum absolute atomic E-state index is 0.0184. The normalized spacial score (nSPS) is 42.1. The van der Waals surface area contributed by atoms with Gasteiger partial charge in [-0.1, -0.05) is 40.3 Å². The Bertz CT molecular complexity index is 592. The molecule has 0 radical (unpaired) electrons. The van der Waals surface area contributed by atoms with Crippen molar-refractivity contribution in [2.45, 2.75) is 59.2 Å². The van der Waals surface area contributed by atoms with Gasteiger partial charge in [-0.15, -0.1) is 0 Å². The summed E-state index contributed by atoms with van der Waals surface area (Å²) in [7, 11) is 0. The first-order chi connectivity index (χ1) is 11.3. The van der Waals surface area contributed by atoms with Crippen LogP contribution in [-0.2, 0) is 19.1 Å². The molecule has 0 aromatic rings. The van der Waals surface area contributed by atoms with Gasteiger partial charge in [-0.05, 0) is 36.3 Å². The van der Waals surface area contributed by atoms with Crippen molar-refractivity contribution in [1.29, 1.82) is 0 Å². The smallest absolute Gasteiger partial charge is 0.309 e. The summed E-state index contributed by atoms with van der Waals surface area (Å²) < 4.78 is 11.4. The van der Waals surface area contributed by atoms with E-state index in [1.165, 1.54) is 0 Å². The van der Waals surface area contributed by atoms with E-state index in [9.17, 15) is 9.59 Å². The van der Waals surface area contributed by atoms with Crippen LogP contribution < -0.4 is 0 Å². The molecule has 132 valence electrons. The second kappa shape index (κ2) is 6.05. The first-order valence-electron chi connectivity index (χ1n) is 9.07. The first kappa shape index (κ1) is 17.2. The number of carbonyl (C=O) groups excluding carboxylic acids is 2. The van der Waals surface area contributed by atoms with Crippen molar-refractivity contribution in [3.05, 3.63) is 24.3 Å². The van der Waals surface area contributed by atoms with Crippen LogP contribution in [0.25, 0.3) is 0 Å². The standard InChI is InChI=1S/C20H28O4/c1-6-11(2)18(21)23-15-8-10-20(5)9-7-14-12(3)19(22)24-17(14)16(20)13(15)4/h8,10-12,14-17H,4,6-7,9H2,1-3,5H3/t11?,12-,14-,15-,16+,17-,20-/m0/s1. The predicted octanol–water partition coefficient (Wildman–Crippen LogP) is 3.66. The van der Waals surface area contributed by atoms with Gasteiger partial charge in [-0.25, -0.2) is 0 Å². The molecule has 7 atom stereocenters. The largest absolute Gasteiger partial charge is 0.461 e. The molecule has 1 heterocycles. The molecule has 0 spiro atoms. The topological polar surface area (TPSA) is 52.6 Å². The Kier molecular flexibility index (Phi) is 4.35. The molecule has 3 aliphatic rings. The molecule has 0 amide bonds. The number of ether oxygens (including phenoxy) is 2. The fourth-order valence-electron chi connectivity index (χ4n) is 4.48. The second-order valence-corrected chi connectivity index (χ2v) is 7.98. The molecule has 0 N–H and O–H groups in total. The molecule has 0 bridgehead atoms. The Morgan fingerprint density at radius 1 is 1.54 bits per heavy atom. The van der Waals surface area contributed by atoms with E-state index in [0.29, 0.717) is 0 Å². The van der Waals surface area contributed by atoms with Gasteiger partial charge in [-0.3, -0.25) is 9.59 Å². The average molecular weight is 332 g/mol. The predicted molar refractivity (Wildman–Crippen MR) is 91.0 cm³/mol. The van der Waals surface area contributed by atoms with E-state index >= 15 is 0 Å². The molecule has 2 fully saturated rings. The Labute approximate surface area is 144 Å². The molecular formula is C20H28O4. The van der Waals surface area contributed by atoms with Crippen LogP contribution >= 0.6 is 0 Å². The lowest BCUT2D eigenvalue weighted by molar-refractivity contribution is -0.153. The Morgan fingerprint density at radius 2 is 2.25 bits per heavy atom. The fraction of sp³-hybridized carbons (Fsp3) is 0.700. The van der Waals surface area contributed by atoms with Gasteiger partial charge in [0.15, 0.2) is 0 Å². The maximum absolute atomic E-state index is 12.2. The number of hydrogen-bond acceptors (Lipinski definition) is 4. The minimum Gasteiger partial charge on any atom is -0.461 e. The van der Waals surface area contributed by atoms with E-state index in [1.807, 2.05) is 26.8 Å². The zero-order valence-electron chi connectivity index (χ0n) is 15.1. The highest BCUT2D eigenvalue weighted by molar-refractivity contribution is 5.75. The van der Waals surface area contributed by atoms with Crippen molar-refractivity contribution in [1.82, 2.24) is 0 Å². The minimum atomic E-state index is -0.419. The van der Waals surface area contributed by atoms with Gasteiger partial charge >= 0.3 is 11.9 Å². The van der Waals surface area contributed by atoms with E-state index < -0.39 is 6.10 Å². The number of rotatable bonds is 3. The molecule has 3 rings (SSSR count). The van der Waals surface area contributed by atoms with Gasteiger partial charge in [0.05, 0.1) is 11.8 Å². The van der Waals surface area contributed by atoms with Crippen molar-refractivity contribution in [2.24, 2.45) is 29.1 Å². The van der Waals surface area contributed by atoms with Gasteiger partial charge in [0, 0.05) is 11.8 Å². The second-order valence-electron chi connectivity index (χ2n) is 7.98. The van der Waals surface area contributed by atoms with Crippen LogP contribution in [0.4, 0.5) is 0 Å². The van der Waals surface area contributed by atoms with Crippen molar-refractivity contribution in [2.75, 3.05) is 0 Å². The fourth-order valence-corrected chi connectivity index (χ4v) is 4.48. The van der Waals surface area contributed by atoms with Crippen molar-refractivity contribution in [3.8, 4) is 0 Å². The number of hydrogen-bond donors (Lipinski definition) is 0. The third-order valence-electron chi connectivity index (χ3n) is 6.42. The molecule has 2 aliphatic carbocycles. The third kappa shape index (κ3) is 2.60. The average Bonchev–Trinajstić information content (AvgIpc) is 2.83. The van der Waals surface area contributed by atoms with Gasteiger partial charge in [0.2, 0.25) is 0 Å². The third-order valence-corrected chi connectivity index (χ3v) is 6.42. The molecule has 1 saturated heterocycles. The van der Waals surface area contributed by atoms with E-state index in [4.69, 9.17) is 9.47 Å². The summed E-state index contributed by atoms with van der Waals surface area (Å²) in [5, 5.41) is 0. The van der Waals surface area contributed by atoms with Gasteiger partial charge in [0.25, 0.3) is 0 Å². The summed E-state index contributed by atoms with van der Waals surface area (Å²) in [5.41, 5.74) is 0.787. The van der Waals surface area contributed by atoms with Crippen molar-refractivity contribution < 1.29 is 19.1 Å². The molecule has 4 nitrogen and oxygen atoms in total. The highest BCUT2D eigenvalue weighted by atomic mass is 16.6.